The second-order valence-corrected chi connectivity index (χ2v) is 4.40. The molecule has 0 aliphatic heterocycles. The zero-order valence-electron chi connectivity index (χ0n) is 8.75. The normalized spacial score (nSPS) is 10.3. The average molecular weight is 299 g/mol. The molecule has 0 saturated carbocycles. The van der Waals surface area contributed by atoms with Crippen LogP contribution >= 0.6 is 15.9 Å². The third-order valence-corrected chi connectivity index (χ3v) is 2.59. The number of aromatic nitrogens is 1. The largest absolute Gasteiger partial charge is 0.379 e. The van der Waals surface area contributed by atoms with Crippen LogP contribution in [0.4, 0.5) is 14.5 Å². The minimum absolute atomic E-state index is 0.396. The molecule has 2 nitrogen and oxygen atoms in total. The first-order valence-corrected chi connectivity index (χ1v) is 5.73. The van der Waals surface area contributed by atoms with Gasteiger partial charge in [0, 0.05) is 22.4 Å². The molecule has 0 bridgehead atoms. The van der Waals surface area contributed by atoms with Gasteiger partial charge in [-0.25, -0.2) is 8.78 Å². The van der Waals surface area contributed by atoms with E-state index in [1.807, 2.05) is 12.1 Å². The van der Waals surface area contributed by atoms with E-state index in [1.54, 1.807) is 6.20 Å². The number of nitrogens with one attached hydrogen (secondary N) is 1. The number of rotatable bonds is 3. The van der Waals surface area contributed by atoms with Crippen LogP contribution in [0.15, 0.2) is 41.0 Å². The lowest BCUT2D eigenvalue weighted by atomic mass is 10.3. The van der Waals surface area contributed by atoms with Crippen molar-refractivity contribution in [1.82, 2.24) is 4.98 Å². The first kappa shape index (κ1) is 12.0. The minimum Gasteiger partial charge on any atom is -0.379 e. The Hall–Kier alpha value is -1.49. The lowest BCUT2D eigenvalue weighted by molar-refractivity contribution is 0.584. The third kappa shape index (κ3) is 3.49. The average Bonchev–Trinajstić information content (AvgIpc) is 2.27. The number of hydrogen-bond acceptors (Lipinski definition) is 2. The van der Waals surface area contributed by atoms with Gasteiger partial charge < -0.3 is 5.32 Å². The summed E-state index contributed by atoms with van der Waals surface area (Å²) in [4.78, 5) is 4.14. The Bertz CT molecular complexity index is 494. The number of halogens is 3. The molecule has 0 amide bonds. The zero-order chi connectivity index (χ0) is 12.3. The molecule has 2 rings (SSSR count). The molecular weight excluding hydrogens is 290 g/mol. The van der Waals surface area contributed by atoms with Crippen molar-refractivity contribution < 1.29 is 8.78 Å². The molecule has 17 heavy (non-hydrogen) atoms. The molecule has 0 aliphatic carbocycles. The fourth-order valence-electron chi connectivity index (χ4n) is 1.36. The Morgan fingerprint density at radius 2 is 1.82 bits per heavy atom. The van der Waals surface area contributed by atoms with Crippen LogP contribution < -0.4 is 5.32 Å². The molecule has 0 radical (unpaired) electrons. The van der Waals surface area contributed by atoms with E-state index in [4.69, 9.17) is 0 Å². The lowest BCUT2D eigenvalue weighted by Crippen LogP contribution is -2.02. The van der Waals surface area contributed by atoms with Crippen LogP contribution in [0.1, 0.15) is 5.69 Å². The summed E-state index contributed by atoms with van der Waals surface area (Å²) in [6.07, 6.45) is 1.67. The van der Waals surface area contributed by atoms with Crippen LogP contribution in [-0.4, -0.2) is 4.98 Å². The standard InChI is InChI=1S/C12H9BrF2N2/c13-8-1-2-11(16-6-8)7-17-12-4-9(14)3-10(15)5-12/h1-6,17H,7H2. The minimum atomic E-state index is -0.601. The Labute approximate surface area is 106 Å². The maximum atomic E-state index is 12.9. The van der Waals surface area contributed by atoms with E-state index in [0.717, 1.165) is 16.2 Å². The summed E-state index contributed by atoms with van der Waals surface area (Å²) < 4.78 is 26.7. The van der Waals surface area contributed by atoms with E-state index in [1.165, 1.54) is 12.1 Å². The highest BCUT2D eigenvalue weighted by Gasteiger charge is 2.00. The molecule has 0 fully saturated rings. The van der Waals surface area contributed by atoms with Crippen molar-refractivity contribution in [2.45, 2.75) is 6.54 Å². The van der Waals surface area contributed by atoms with Gasteiger partial charge in [-0.1, -0.05) is 0 Å². The number of benzene rings is 1. The summed E-state index contributed by atoms with van der Waals surface area (Å²) in [5.41, 5.74) is 1.19. The van der Waals surface area contributed by atoms with Gasteiger partial charge in [0.15, 0.2) is 0 Å². The van der Waals surface area contributed by atoms with Crippen molar-refractivity contribution in [2.24, 2.45) is 0 Å². The second kappa shape index (κ2) is 5.23. The Balaban J connectivity index is 2.04. The molecule has 1 heterocycles. The predicted molar refractivity (Wildman–Crippen MR) is 65.6 cm³/mol. The monoisotopic (exact) mass is 298 g/mol. The topological polar surface area (TPSA) is 24.9 Å². The fourth-order valence-corrected chi connectivity index (χ4v) is 1.59. The van der Waals surface area contributed by atoms with Gasteiger partial charge in [0.05, 0.1) is 12.2 Å². The molecule has 0 spiro atoms. The van der Waals surface area contributed by atoms with Crippen molar-refractivity contribution in [3.05, 3.63) is 58.3 Å². The molecular formula is C12H9BrF2N2. The number of hydrogen-bond donors (Lipinski definition) is 1. The van der Waals surface area contributed by atoms with Gasteiger partial charge in [-0.3, -0.25) is 4.98 Å². The first-order chi connectivity index (χ1) is 8.13. The molecule has 0 unspecified atom stereocenters. The SMILES string of the molecule is Fc1cc(F)cc(NCc2ccc(Br)cn2)c1. The molecule has 0 saturated heterocycles. The Morgan fingerprint density at radius 3 is 2.41 bits per heavy atom. The fraction of sp³-hybridized carbons (Fsp3) is 0.0833. The van der Waals surface area contributed by atoms with Crippen molar-refractivity contribution in [3.63, 3.8) is 0 Å². The maximum absolute atomic E-state index is 12.9. The summed E-state index contributed by atoms with van der Waals surface area (Å²) in [5.74, 6) is -1.20. The predicted octanol–water partition coefficient (Wildman–Crippen LogP) is 3.73. The quantitative estimate of drug-likeness (QED) is 0.934. The summed E-state index contributed by atoms with van der Waals surface area (Å²) in [5, 5.41) is 2.90. The van der Waals surface area contributed by atoms with Crippen LogP contribution in [0.2, 0.25) is 0 Å². The molecule has 1 aromatic carbocycles. The van der Waals surface area contributed by atoms with Crippen LogP contribution in [-0.2, 0) is 6.54 Å². The number of pyridine rings is 1. The van der Waals surface area contributed by atoms with Crippen molar-refractivity contribution >= 4 is 21.6 Å². The van der Waals surface area contributed by atoms with E-state index in [9.17, 15) is 8.78 Å². The van der Waals surface area contributed by atoms with Crippen LogP contribution in [0.5, 0.6) is 0 Å². The molecule has 5 heteroatoms. The van der Waals surface area contributed by atoms with Crippen LogP contribution in [0.25, 0.3) is 0 Å². The van der Waals surface area contributed by atoms with Crippen LogP contribution in [0, 0.1) is 11.6 Å². The van der Waals surface area contributed by atoms with Gasteiger partial charge in [-0.15, -0.1) is 0 Å². The van der Waals surface area contributed by atoms with Gasteiger partial charge in [-0.05, 0) is 40.2 Å². The van der Waals surface area contributed by atoms with Gasteiger partial charge in [0.25, 0.3) is 0 Å². The lowest BCUT2D eigenvalue weighted by Gasteiger charge is -2.06. The van der Waals surface area contributed by atoms with Gasteiger partial charge >= 0.3 is 0 Å². The molecule has 0 aliphatic rings. The zero-order valence-corrected chi connectivity index (χ0v) is 10.3. The van der Waals surface area contributed by atoms with E-state index in [-0.39, 0.29) is 0 Å². The smallest absolute Gasteiger partial charge is 0.128 e. The molecule has 2 aromatic rings. The second-order valence-electron chi connectivity index (χ2n) is 3.48. The van der Waals surface area contributed by atoms with E-state index >= 15 is 0 Å². The number of anilines is 1. The van der Waals surface area contributed by atoms with Gasteiger partial charge in [0.1, 0.15) is 11.6 Å². The van der Waals surface area contributed by atoms with Crippen LogP contribution in [0.3, 0.4) is 0 Å². The third-order valence-electron chi connectivity index (χ3n) is 2.12. The van der Waals surface area contributed by atoms with E-state index in [2.05, 4.69) is 26.2 Å². The highest BCUT2D eigenvalue weighted by atomic mass is 79.9. The summed E-state index contributed by atoms with van der Waals surface area (Å²) in [6.45, 7) is 0.413. The van der Waals surface area contributed by atoms with Crippen molar-refractivity contribution in [2.75, 3.05) is 5.32 Å². The molecule has 88 valence electrons. The van der Waals surface area contributed by atoms with Crippen molar-refractivity contribution in [1.29, 1.82) is 0 Å². The van der Waals surface area contributed by atoms with Gasteiger partial charge in [-0.2, -0.15) is 0 Å². The summed E-state index contributed by atoms with van der Waals surface area (Å²) in [6, 6.07) is 7.00. The number of nitrogens with zero attached hydrogens (tertiary/aromatic N) is 1. The molecule has 1 aromatic heterocycles. The van der Waals surface area contributed by atoms with E-state index < -0.39 is 11.6 Å². The highest BCUT2D eigenvalue weighted by molar-refractivity contribution is 9.10. The Kier molecular flexibility index (Phi) is 3.68. The molecule has 1 N–H and O–H groups in total. The Morgan fingerprint density at radius 1 is 1.12 bits per heavy atom. The van der Waals surface area contributed by atoms with Gasteiger partial charge in [0.2, 0.25) is 0 Å². The summed E-state index contributed by atoms with van der Waals surface area (Å²) >= 11 is 3.28. The highest BCUT2D eigenvalue weighted by Crippen LogP contribution is 2.14. The van der Waals surface area contributed by atoms with E-state index in [0.29, 0.717) is 12.2 Å². The first-order valence-electron chi connectivity index (χ1n) is 4.94. The van der Waals surface area contributed by atoms with Crippen molar-refractivity contribution in [3.8, 4) is 0 Å². The maximum Gasteiger partial charge on any atom is 0.128 e. The summed E-state index contributed by atoms with van der Waals surface area (Å²) in [7, 11) is 0. The molecule has 0 atom stereocenters.